The minimum atomic E-state index is -3.04. The zero-order chi connectivity index (χ0) is 107. The number of nitrogens with zero attached hydrogens (tertiary/aromatic N) is 3. The van der Waals surface area contributed by atoms with E-state index in [1.165, 1.54) is 93.3 Å². The Kier molecular flexibility index (Phi) is 57.6. The molecular weight excluding hydrogens is 1930 g/mol. The predicted molar refractivity (Wildman–Crippen MR) is 540 cm³/mol. The number of ether oxygens (including phenoxy) is 18. The summed E-state index contributed by atoms with van der Waals surface area (Å²) in [6, 6.07) is -1.43. The van der Waals surface area contributed by atoms with Crippen LogP contribution in [0.5, 0.6) is 0 Å². The molecule has 0 aromatic heterocycles. The molecule has 8 fully saturated rings. The SMILES string of the molecule is C.C.C1CCCCC1.CCC1OC(=O)CC(O)C(C)C(OC2OC(C)C(OC3CC(C)(O)C(O)C(C)O3)C(N(C)C)C2O)C(CC=O)CC(C)C(=O)/C=C/C(C)=C/C1COC1OC(C)C(O)C(OC)C1OC.CCC1OC(=O)CC(O)C(C)C(OC2OC(C)C(OC3CC(C)(O)C(O)C(C)O3)C(N(C)C)C2O)C(CCN2CCCCC2)CC(C)C(=O)/C=C/C(C)=C/C1COC1OC(C)C(O)C(OC)C1OC.O=[P+]([O-])OO.[HH]. The van der Waals surface area contributed by atoms with Crippen LogP contribution >= 0.6 is 8.25 Å². The van der Waals surface area contributed by atoms with Crippen LogP contribution in [0, 0.1) is 47.3 Å². The molecule has 0 aromatic rings. The first kappa shape index (κ1) is 132. The van der Waals surface area contributed by atoms with E-state index in [-0.39, 0.29) is 79.1 Å². The number of hydrogen-bond donors (Lipinski definition) is 11. The molecule has 0 aromatic carbocycles. The highest BCUT2D eigenvalue weighted by atomic mass is 31.1. The lowest BCUT2D eigenvalue weighted by Gasteiger charge is -2.50. The van der Waals surface area contributed by atoms with Gasteiger partial charge in [0.1, 0.15) is 91.7 Å². The van der Waals surface area contributed by atoms with Gasteiger partial charge in [-0.25, -0.2) is 5.26 Å². The van der Waals surface area contributed by atoms with Gasteiger partial charge in [-0.2, -0.15) is 0 Å². The van der Waals surface area contributed by atoms with Gasteiger partial charge in [0, 0.05) is 89.3 Å². The number of cyclic esters (lactones) is 2. The summed E-state index contributed by atoms with van der Waals surface area (Å²) in [5.74, 6) is -6.31. The fourth-order valence-electron chi connectivity index (χ4n) is 21.5. The lowest BCUT2D eigenvalue weighted by Crippen LogP contribution is -2.65. The number of ketones is 2. The second-order valence-corrected chi connectivity index (χ2v) is 42.8. The lowest BCUT2D eigenvalue weighted by atomic mass is 9.79. The van der Waals surface area contributed by atoms with Crippen LogP contribution < -0.4 is 4.89 Å². The van der Waals surface area contributed by atoms with Crippen molar-refractivity contribution in [3.63, 3.8) is 0 Å². The molecule has 40 nitrogen and oxygen atoms in total. The fraction of sp³-hybridized carbons (Fsp3) is 0.876. The molecule has 0 amide bonds. The maximum absolute atomic E-state index is 14.1. The highest BCUT2D eigenvalue weighted by molar-refractivity contribution is 7.30. The van der Waals surface area contributed by atoms with Crippen molar-refractivity contribution >= 4 is 38.0 Å². The van der Waals surface area contributed by atoms with Crippen LogP contribution in [0.15, 0.2) is 47.6 Å². The van der Waals surface area contributed by atoms with Crippen molar-refractivity contribution in [3.05, 3.63) is 47.6 Å². The number of esters is 2. The Morgan fingerprint density at radius 3 is 1.15 bits per heavy atom. The van der Waals surface area contributed by atoms with Crippen molar-refractivity contribution in [2.24, 2.45) is 47.3 Å². The maximum Gasteiger partial charge on any atom is 0.521 e. The molecule has 1 aliphatic carbocycles. The number of aldehydes is 1. The third-order valence-corrected chi connectivity index (χ3v) is 30.4. The summed E-state index contributed by atoms with van der Waals surface area (Å²) in [5.41, 5.74) is -1.53. The van der Waals surface area contributed by atoms with E-state index < -0.39 is 276 Å². The van der Waals surface area contributed by atoms with Gasteiger partial charge in [-0.1, -0.05) is 137 Å². The van der Waals surface area contributed by atoms with Crippen LogP contribution in [-0.2, 0) is 118 Å². The van der Waals surface area contributed by atoms with Crippen LogP contribution in [0.4, 0.5) is 0 Å². The Labute approximate surface area is 869 Å². The molecule has 7 saturated heterocycles. The summed E-state index contributed by atoms with van der Waals surface area (Å²) in [6.07, 6.45) is -3.17. The van der Waals surface area contributed by atoms with E-state index in [0.29, 0.717) is 31.3 Å². The highest BCUT2D eigenvalue weighted by Gasteiger charge is 2.56. The molecule has 10 aliphatic rings. The van der Waals surface area contributed by atoms with E-state index in [9.17, 15) is 75.0 Å². The number of likely N-dealkylation sites (N-methyl/N-ethyl adjacent to an activating group) is 2. The number of likely N-dealkylation sites (tertiary alicyclic amines) is 1. The number of methoxy groups -OCH3 is 4. The molecule has 850 valence electrons. The van der Waals surface area contributed by atoms with E-state index in [4.69, 9.17) is 100.0 Å². The van der Waals surface area contributed by atoms with Gasteiger partial charge in [0.2, 0.25) is 0 Å². The molecule has 0 radical (unpaired) electrons. The second-order valence-electron chi connectivity index (χ2n) is 42.2. The molecule has 0 bridgehead atoms. The number of allylic oxidation sites excluding steroid dienone is 6. The van der Waals surface area contributed by atoms with Crippen LogP contribution in [-0.4, -0.2) is 398 Å². The number of rotatable bonds is 28. The third-order valence-electron chi connectivity index (χ3n) is 30.3. The molecule has 9 aliphatic heterocycles. The van der Waals surface area contributed by atoms with Crippen molar-refractivity contribution in [3.8, 4) is 0 Å². The highest BCUT2D eigenvalue weighted by Crippen LogP contribution is 2.43. The van der Waals surface area contributed by atoms with Crippen molar-refractivity contribution in [1.29, 1.82) is 0 Å². The van der Waals surface area contributed by atoms with Gasteiger partial charge >= 0.3 is 20.2 Å². The molecule has 146 heavy (non-hydrogen) atoms. The van der Waals surface area contributed by atoms with E-state index >= 15 is 0 Å². The molecule has 9 heterocycles. The van der Waals surface area contributed by atoms with Gasteiger partial charge in [-0.05, 0) is 191 Å². The van der Waals surface area contributed by atoms with Gasteiger partial charge in [0.05, 0.1) is 110 Å². The smallest absolute Gasteiger partial charge is 0.521 e. The van der Waals surface area contributed by atoms with Gasteiger partial charge < -0.3 is 161 Å². The largest absolute Gasteiger partial charge is 0.565 e. The van der Waals surface area contributed by atoms with Crippen LogP contribution in [0.3, 0.4) is 0 Å². The molecule has 0 spiro atoms. The minimum Gasteiger partial charge on any atom is -0.565 e. The quantitative estimate of drug-likeness (QED) is 0.0115. The minimum absolute atomic E-state index is 0. The second kappa shape index (κ2) is 63.7. The first-order chi connectivity index (χ1) is 67.9. The standard InChI is InChI=1S/C51H88N2O16.C46H77NO17.C6H12.2CH4.HO4P.H2/c1-13-38-35(27-63-50-47(62-12)46(61-11)42(57)31(5)65-50)23-28(2)17-18-36(54)29(3)24-34(19-22-53-20-15-14-16-21-53)44(30(4)37(55)25-39(56)67-38)69-49-43(58)41(52(9)10)45(32(6)66-49)68-40-26-51(8,60)48(59)33(7)64-40;1-13-33-30(22-58-45-42(57-12)41(56-11)37(52)26(5)60-45)18-23(2)14-15-31(49)24(3)19-29(16-17-48)39(25(4)32(50)20-34(51)62-33)64-44-38(53)36(47(9)10)40(27(6)61-44)63-35-21-46(8,55)43(54)28(7)59-35;1-2-4-6-5-3-1;;;1-4-5(2)3;/h17-18,23,29-35,37-38,40-50,55,57-60H,13-16,19-22,24-27H2,1-12H3;14-15,17-18,24-30,32-33,35-45,50,52-55H,13,16,19-22H2,1-12H3;1-6H2;2*1H4;1H;1H/b18-17+,28-23+;15-14+,23-18+;;;;;. The zero-order valence-corrected chi connectivity index (χ0v) is 90.3. The monoisotopic (exact) mass is 2110 g/mol. The predicted octanol–water partition coefficient (Wildman–Crippen LogP) is 8.31. The van der Waals surface area contributed by atoms with Crippen molar-refractivity contribution in [2.45, 2.75) is 455 Å². The zero-order valence-electron chi connectivity index (χ0n) is 89.4. The van der Waals surface area contributed by atoms with Gasteiger partial charge in [0.25, 0.3) is 0 Å². The summed E-state index contributed by atoms with van der Waals surface area (Å²) >= 11 is 0. The summed E-state index contributed by atoms with van der Waals surface area (Å²) < 4.78 is 122. The number of carbonyl (C=O) groups excluding carboxylic acids is 5. The number of aliphatic hydroxyl groups excluding tert-OH is 8. The average molecular weight is 2120 g/mol. The summed E-state index contributed by atoms with van der Waals surface area (Å²) in [7, 11) is 9.99. The Morgan fingerprint density at radius 1 is 0.479 bits per heavy atom. The first-order valence-corrected chi connectivity index (χ1v) is 53.0. The normalized spacial score (nSPS) is 42.8. The average Bonchev–Trinajstić information content (AvgIpc) is 0.765. The lowest BCUT2D eigenvalue weighted by molar-refractivity contribution is -0.342. The Hall–Kier alpha value is -4.27. The van der Waals surface area contributed by atoms with Crippen molar-refractivity contribution < 1.29 is 181 Å². The van der Waals surface area contributed by atoms with E-state index in [2.05, 4.69) is 9.57 Å². The molecule has 43 atom stereocenters. The van der Waals surface area contributed by atoms with E-state index in [1.54, 1.807) is 85.7 Å². The Balaban J connectivity index is 0.000000544. The summed E-state index contributed by atoms with van der Waals surface area (Å²) in [5, 5.41) is 119. The number of hydrogen-bond acceptors (Lipinski definition) is 40. The molecule has 41 heteroatoms. The molecule has 10 rings (SSSR count). The van der Waals surface area contributed by atoms with Gasteiger partial charge in [-0.3, -0.25) is 19.2 Å². The third kappa shape index (κ3) is 38.1. The van der Waals surface area contributed by atoms with Crippen molar-refractivity contribution in [2.75, 3.05) is 89.5 Å². The molecule has 11 N–H and O–H groups in total. The molecule has 43 unspecified atom stereocenters. The van der Waals surface area contributed by atoms with Crippen LogP contribution in [0.1, 0.15) is 249 Å². The van der Waals surface area contributed by atoms with E-state index in [0.717, 1.165) is 44.3 Å². The maximum atomic E-state index is 14.1. The van der Waals surface area contributed by atoms with E-state index in [1.807, 2.05) is 79.6 Å². The fourth-order valence-corrected chi connectivity index (χ4v) is 21.5. The topological polar surface area (TPSA) is 533 Å². The van der Waals surface area contributed by atoms with Crippen LogP contribution in [0.2, 0.25) is 0 Å². The summed E-state index contributed by atoms with van der Waals surface area (Å²) in [6.45, 7) is 30.5. The number of aliphatic hydroxyl groups is 10. The molecule has 1 saturated carbocycles. The number of carbonyl (C=O) groups is 5. The first-order valence-electron chi connectivity index (χ1n) is 51.9. The number of piperidine rings is 1. The summed E-state index contributed by atoms with van der Waals surface area (Å²) in [4.78, 5) is 82.8. The molecular formula is C105H188N3O37P. The Morgan fingerprint density at radius 2 is 0.822 bits per heavy atom. The van der Waals surface area contributed by atoms with Crippen molar-refractivity contribution in [1.82, 2.24) is 14.7 Å². The van der Waals surface area contributed by atoms with Gasteiger partial charge in [-0.15, -0.1) is 0 Å². The van der Waals surface area contributed by atoms with Crippen LogP contribution in [0.25, 0.3) is 0 Å². The Bertz CT molecular complexity index is 3930. The van der Waals surface area contributed by atoms with Gasteiger partial charge in [0.15, 0.2) is 49.3 Å².